The molecule has 0 spiro atoms. The first-order valence-electron chi connectivity index (χ1n) is 13.6. The van der Waals surface area contributed by atoms with Gasteiger partial charge >= 0.3 is 0 Å². The van der Waals surface area contributed by atoms with Crippen LogP contribution in [-0.2, 0) is 4.79 Å². The molecule has 2 aliphatic rings. The summed E-state index contributed by atoms with van der Waals surface area (Å²) in [6.07, 6.45) is 10.5. The number of nitrogens with one attached hydrogen (secondary N) is 2. The van der Waals surface area contributed by atoms with E-state index in [0.29, 0.717) is 12.5 Å². The monoisotopic (exact) mass is 485 g/mol. The Kier molecular flexibility index (Phi) is 12.4. The van der Waals surface area contributed by atoms with Crippen molar-refractivity contribution in [2.75, 3.05) is 26.2 Å². The van der Waals surface area contributed by atoms with Crippen LogP contribution in [0.3, 0.4) is 0 Å². The number of hydrogen-bond acceptors (Lipinski definition) is 5. The summed E-state index contributed by atoms with van der Waals surface area (Å²) in [5, 5.41) is 7.07. The maximum Gasteiger partial charge on any atom is 0.227 e. The van der Waals surface area contributed by atoms with E-state index in [4.69, 9.17) is 23.1 Å². The van der Waals surface area contributed by atoms with Crippen LogP contribution in [0.1, 0.15) is 91.9 Å². The topological polar surface area (TPSA) is 96.4 Å². The molecule has 2 rings (SSSR count). The van der Waals surface area contributed by atoms with Crippen LogP contribution < -0.4 is 22.1 Å². The first-order chi connectivity index (χ1) is 15.7. The summed E-state index contributed by atoms with van der Waals surface area (Å²) in [6.45, 7) is 12.9. The van der Waals surface area contributed by atoms with E-state index in [9.17, 15) is 4.79 Å². The van der Waals surface area contributed by atoms with E-state index >= 15 is 0 Å². The summed E-state index contributed by atoms with van der Waals surface area (Å²) in [7, 11) is 0. The Morgan fingerprint density at radius 2 is 2.00 bits per heavy atom. The molecule has 194 valence electrons. The van der Waals surface area contributed by atoms with Crippen LogP contribution in [0, 0.1) is 17.3 Å². The number of rotatable bonds is 10. The van der Waals surface area contributed by atoms with Crippen molar-refractivity contribution < 1.29 is 4.79 Å². The smallest absolute Gasteiger partial charge is 0.227 e. The minimum absolute atomic E-state index is 0.000948. The summed E-state index contributed by atoms with van der Waals surface area (Å²) in [5.41, 5.74) is 12.7. The lowest BCUT2D eigenvalue weighted by atomic mass is 9.73. The highest BCUT2D eigenvalue weighted by Crippen LogP contribution is 2.38. The highest BCUT2D eigenvalue weighted by Gasteiger charge is 2.39. The molecule has 6 nitrogen and oxygen atoms in total. The Balaban J connectivity index is 2.12. The fourth-order valence-electron chi connectivity index (χ4n) is 5.94. The molecule has 0 radical (unpaired) electrons. The summed E-state index contributed by atoms with van der Waals surface area (Å²) >= 11 is 6.58. The molecule has 6 unspecified atom stereocenters. The van der Waals surface area contributed by atoms with Crippen molar-refractivity contribution in [2.45, 2.75) is 116 Å². The Labute approximate surface area is 208 Å². The van der Waals surface area contributed by atoms with Crippen LogP contribution in [0.4, 0.5) is 0 Å². The molecule has 2 fully saturated rings. The van der Waals surface area contributed by atoms with Crippen LogP contribution in [-0.4, -0.2) is 60.6 Å². The van der Waals surface area contributed by atoms with Gasteiger partial charge in [-0.3, -0.25) is 4.79 Å². The summed E-state index contributed by atoms with van der Waals surface area (Å²) in [4.78, 5) is 16.1. The third-order valence-electron chi connectivity index (χ3n) is 8.06. The second kappa shape index (κ2) is 14.2. The van der Waals surface area contributed by atoms with Crippen molar-refractivity contribution in [2.24, 2.45) is 28.7 Å². The fourth-order valence-corrected chi connectivity index (χ4v) is 6.18. The Bertz CT molecular complexity index is 577. The maximum absolute atomic E-state index is 13.6. The lowest BCUT2D eigenvalue weighted by molar-refractivity contribution is -0.128. The van der Waals surface area contributed by atoms with Gasteiger partial charge < -0.3 is 27.0 Å². The summed E-state index contributed by atoms with van der Waals surface area (Å²) < 4.78 is 0. The van der Waals surface area contributed by atoms with Crippen molar-refractivity contribution in [3.8, 4) is 0 Å². The number of likely N-dealkylation sites (tertiary alicyclic amines) is 1. The van der Waals surface area contributed by atoms with Crippen LogP contribution in [0.2, 0.25) is 0 Å². The van der Waals surface area contributed by atoms with Crippen molar-refractivity contribution in [3.05, 3.63) is 0 Å². The third-order valence-corrected chi connectivity index (χ3v) is 8.44. The van der Waals surface area contributed by atoms with Crippen LogP contribution in [0.15, 0.2) is 0 Å². The largest absolute Gasteiger partial charge is 0.351 e. The maximum atomic E-state index is 13.6. The van der Waals surface area contributed by atoms with Crippen molar-refractivity contribution in [1.29, 1.82) is 0 Å². The van der Waals surface area contributed by atoms with Gasteiger partial charge in [-0.15, -0.1) is 11.6 Å². The minimum atomic E-state index is -0.706. The van der Waals surface area contributed by atoms with Crippen molar-refractivity contribution in [1.82, 2.24) is 15.5 Å². The zero-order chi connectivity index (χ0) is 24.4. The molecule has 7 heteroatoms. The molecule has 2 heterocycles. The summed E-state index contributed by atoms with van der Waals surface area (Å²) in [6, 6.07) is 0.0775. The van der Waals surface area contributed by atoms with E-state index < -0.39 is 12.1 Å². The fraction of sp³-hybridized carbons (Fsp3) is 0.962. The predicted molar refractivity (Wildman–Crippen MR) is 140 cm³/mol. The van der Waals surface area contributed by atoms with Gasteiger partial charge in [0.1, 0.15) is 0 Å². The highest BCUT2D eigenvalue weighted by molar-refractivity contribution is 6.20. The standard InChI is InChI=1S/C26H52ClN5O/c1-5-7-8-14-32-15-11-19(3)22(18-32)31-25(33)23(24(28)29)21-16-26(4,12-6-2)13-9-10-20(27)17-30-21/h19-24,30H,5-18,28-29H2,1-4H3,(H,31,33). The molecule has 1 amide bonds. The molecule has 2 saturated heterocycles. The minimum Gasteiger partial charge on any atom is -0.351 e. The van der Waals surface area contributed by atoms with Gasteiger partial charge in [-0.1, -0.05) is 53.4 Å². The van der Waals surface area contributed by atoms with E-state index in [2.05, 4.69) is 43.2 Å². The molecular formula is C26H52ClN5O. The molecule has 0 aromatic rings. The van der Waals surface area contributed by atoms with Gasteiger partial charge in [-0.05, 0) is 62.9 Å². The van der Waals surface area contributed by atoms with Gasteiger partial charge in [-0.2, -0.15) is 0 Å². The molecule has 0 aliphatic carbocycles. The number of halogens is 1. The first kappa shape index (κ1) is 28.8. The Morgan fingerprint density at radius 1 is 1.24 bits per heavy atom. The normalized spacial score (nSPS) is 33.2. The molecular weight excluding hydrogens is 434 g/mol. The van der Waals surface area contributed by atoms with E-state index in [1.165, 1.54) is 19.3 Å². The lowest BCUT2D eigenvalue weighted by Gasteiger charge is -2.40. The predicted octanol–water partition coefficient (Wildman–Crippen LogP) is 3.81. The first-order valence-corrected chi connectivity index (χ1v) is 14.0. The lowest BCUT2D eigenvalue weighted by Crippen LogP contribution is -2.61. The van der Waals surface area contributed by atoms with Crippen molar-refractivity contribution in [3.63, 3.8) is 0 Å². The highest BCUT2D eigenvalue weighted by atomic mass is 35.5. The molecule has 2 aliphatic heterocycles. The molecule has 6 atom stereocenters. The molecule has 0 bridgehead atoms. The van der Waals surface area contributed by atoms with Crippen LogP contribution in [0.25, 0.3) is 0 Å². The zero-order valence-corrected chi connectivity index (χ0v) is 22.5. The number of hydrogen-bond donors (Lipinski definition) is 4. The van der Waals surface area contributed by atoms with E-state index in [1.807, 2.05) is 0 Å². The molecule has 6 N–H and O–H groups in total. The number of alkyl halides is 1. The van der Waals surface area contributed by atoms with Crippen LogP contribution in [0.5, 0.6) is 0 Å². The van der Waals surface area contributed by atoms with Crippen LogP contribution >= 0.6 is 11.6 Å². The molecule has 0 aromatic heterocycles. The Morgan fingerprint density at radius 3 is 2.67 bits per heavy atom. The van der Waals surface area contributed by atoms with Gasteiger partial charge in [0.25, 0.3) is 0 Å². The van der Waals surface area contributed by atoms with E-state index in [-0.39, 0.29) is 28.8 Å². The zero-order valence-electron chi connectivity index (χ0n) is 21.8. The summed E-state index contributed by atoms with van der Waals surface area (Å²) in [5.74, 6) is -0.0121. The quantitative estimate of drug-likeness (QED) is 0.214. The van der Waals surface area contributed by atoms with E-state index in [1.54, 1.807) is 0 Å². The number of nitrogens with two attached hydrogens (primary N) is 2. The second-order valence-electron chi connectivity index (χ2n) is 11.3. The Hall–Kier alpha value is -0.400. The SMILES string of the molecule is CCCCCN1CCC(C)C(NC(=O)C(C(N)N)C2CC(C)(CCC)CCCC(Cl)CN2)C1. The number of piperidine rings is 1. The average Bonchev–Trinajstić information content (AvgIpc) is 2.80. The molecule has 0 aromatic carbocycles. The van der Waals surface area contributed by atoms with Crippen molar-refractivity contribution >= 4 is 17.5 Å². The average molecular weight is 486 g/mol. The number of carbonyl (C=O) groups excluding carboxylic acids is 1. The van der Waals surface area contributed by atoms with E-state index in [0.717, 1.165) is 64.6 Å². The number of amides is 1. The third kappa shape index (κ3) is 9.29. The van der Waals surface area contributed by atoms with Gasteiger partial charge in [0.05, 0.1) is 12.1 Å². The van der Waals surface area contributed by atoms with Gasteiger partial charge in [0, 0.05) is 30.6 Å². The van der Waals surface area contributed by atoms with Gasteiger partial charge in [0.2, 0.25) is 5.91 Å². The second-order valence-corrected chi connectivity index (χ2v) is 11.9. The molecule has 0 saturated carbocycles. The van der Waals surface area contributed by atoms with Gasteiger partial charge in [-0.25, -0.2) is 0 Å². The molecule has 33 heavy (non-hydrogen) atoms. The number of nitrogens with zero attached hydrogens (tertiary/aromatic N) is 1. The number of carbonyl (C=O) groups is 1. The number of unbranched alkanes of at least 4 members (excludes halogenated alkanes) is 2. The van der Waals surface area contributed by atoms with Gasteiger partial charge in [0.15, 0.2) is 0 Å².